The molecule has 1 nitrogen and oxygen atoms in total. The van der Waals surface area contributed by atoms with Crippen LogP contribution in [0.5, 0.6) is 0 Å². The van der Waals surface area contributed by atoms with Gasteiger partial charge in [0.05, 0.1) is 5.69 Å². The highest BCUT2D eigenvalue weighted by Gasteiger charge is 1.95. The predicted octanol–water partition coefficient (Wildman–Crippen LogP) is 6.98. The molecule has 0 bridgehead atoms. The quantitative estimate of drug-likeness (QED) is 0.331. The topological polar surface area (TPSA) is 12.4 Å². The Hall–Kier alpha value is -2.15. The summed E-state index contributed by atoms with van der Waals surface area (Å²) in [5.74, 6) is 0. The molecule has 0 aliphatic carbocycles. The van der Waals surface area contributed by atoms with Gasteiger partial charge in [0.1, 0.15) is 0 Å². The molecule has 0 spiro atoms. The number of hydrogen-bond acceptors (Lipinski definition) is 1. The van der Waals surface area contributed by atoms with E-state index in [4.69, 9.17) is 0 Å². The number of hydrogen-bond donors (Lipinski definition) is 0. The van der Waals surface area contributed by atoms with Crippen molar-refractivity contribution in [3.8, 4) is 0 Å². The van der Waals surface area contributed by atoms with Gasteiger partial charge in [-0.25, -0.2) is 0 Å². The van der Waals surface area contributed by atoms with Crippen molar-refractivity contribution in [2.75, 3.05) is 0 Å². The van der Waals surface area contributed by atoms with E-state index in [0.29, 0.717) is 0 Å². The minimum Gasteiger partial charge on any atom is -0.256 e. The molecular formula is C23H29N. The van der Waals surface area contributed by atoms with Crippen LogP contribution in [-0.4, -0.2) is 6.21 Å². The SMILES string of the molecule is C=Cc1ccc(/C=N/c2ccc(CCCCCCCC)cc2)cc1. The zero-order chi connectivity index (χ0) is 17.0. The van der Waals surface area contributed by atoms with Crippen molar-refractivity contribution < 1.29 is 0 Å². The molecule has 126 valence electrons. The van der Waals surface area contributed by atoms with Gasteiger partial charge in [-0.3, -0.25) is 4.99 Å². The summed E-state index contributed by atoms with van der Waals surface area (Å²) in [6.07, 6.45) is 13.0. The van der Waals surface area contributed by atoms with Gasteiger partial charge in [-0.2, -0.15) is 0 Å². The summed E-state index contributed by atoms with van der Waals surface area (Å²) in [6.45, 7) is 6.03. The minimum atomic E-state index is 1.01. The summed E-state index contributed by atoms with van der Waals surface area (Å²) in [5, 5.41) is 0. The van der Waals surface area contributed by atoms with Crippen molar-refractivity contribution in [1.82, 2.24) is 0 Å². The van der Waals surface area contributed by atoms with Crippen molar-refractivity contribution in [2.24, 2.45) is 4.99 Å². The van der Waals surface area contributed by atoms with Crippen LogP contribution < -0.4 is 0 Å². The molecule has 1 heteroatoms. The summed E-state index contributed by atoms with van der Waals surface area (Å²) in [5.41, 5.74) is 4.66. The molecule has 2 aromatic rings. The first kappa shape index (κ1) is 18.2. The summed E-state index contributed by atoms with van der Waals surface area (Å²) < 4.78 is 0. The molecule has 0 saturated carbocycles. The minimum absolute atomic E-state index is 1.01. The normalized spacial score (nSPS) is 11.0. The Bertz CT molecular complexity index is 620. The van der Waals surface area contributed by atoms with E-state index >= 15 is 0 Å². The van der Waals surface area contributed by atoms with Gasteiger partial charge < -0.3 is 0 Å². The summed E-state index contributed by atoms with van der Waals surface area (Å²) in [7, 11) is 0. The van der Waals surface area contributed by atoms with Gasteiger partial charge in [-0.15, -0.1) is 0 Å². The van der Waals surface area contributed by atoms with E-state index in [1.165, 1.54) is 50.5 Å². The zero-order valence-corrected chi connectivity index (χ0v) is 14.9. The number of nitrogens with zero attached hydrogens (tertiary/aromatic N) is 1. The number of aryl methyl sites for hydroxylation is 1. The molecule has 2 aromatic carbocycles. The number of aliphatic imine (C=N–C) groups is 1. The Morgan fingerprint density at radius 3 is 2.08 bits per heavy atom. The first-order valence-electron chi connectivity index (χ1n) is 9.17. The van der Waals surface area contributed by atoms with Gasteiger partial charge in [0, 0.05) is 6.21 Å². The standard InChI is InChI=1S/C23H29N/c1-3-5-6-7-8-9-10-21-15-17-23(18-16-21)24-19-22-13-11-20(4-2)12-14-22/h4,11-19H,2-3,5-10H2,1H3/b24-19+. The molecule has 2 rings (SSSR count). The van der Waals surface area contributed by atoms with Crippen LogP contribution in [0.25, 0.3) is 6.08 Å². The van der Waals surface area contributed by atoms with E-state index in [2.05, 4.69) is 67.0 Å². The van der Waals surface area contributed by atoms with Crippen LogP contribution in [0, 0.1) is 0 Å². The Morgan fingerprint density at radius 1 is 0.792 bits per heavy atom. The molecule has 0 aliphatic heterocycles. The average Bonchev–Trinajstić information content (AvgIpc) is 2.64. The number of unbranched alkanes of at least 4 members (excludes halogenated alkanes) is 5. The molecule has 0 fully saturated rings. The van der Waals surface area contributed by atoms with Crippen molar-refractivity contribution in [3.05, 3.63) is 71.8 Å². The molecule has 0 unspecified atom stereocenters. The lowest BCUT2D eigenvalue weighted by molar-refractivity contribution is 0.607. The fourth-order valence-electron chi connectivity index (χ4n) is 2.73. The van der Waals surface area contributed by atoms with Crippen molar-refractivity contribution in [3.63, 3.8) is 0 Å². The van der Waals surface area contributed by atoms with E-state index in [1.54, 1.807) is 0 Å². The van der Waals surface area contributed by atoms with Crippen molar-refractivity contribution in [2.45, 2.75) is 51.9 Å². The van der Waals surface area contributed by atoms with Crippen LogP contribution in [0.4, 0.5) is 5.69 Å². The molecule has 24 heavy (non-hydrogen) atoms. The molecule has 0 aromatic heterocycles. The number of rotatable bonds is 10. The lowest BCUT2D eigenvalue weighted by atomic mass is 10.0. The second-order valence-corrected chi connectivity index (χ2v) is 6.31. The summed E-state index contributed by atoms with van der Waals surface area (Å²) in [6, 6.07) is 16.9. The fourth-order valence-corrected chi connectivity index (χ4v) is 2.73. The van der Waals surface area contributed by atoms with E-state index in [9.17, 15) is 0 Å². The van der Waals surface area contributed by atoms with E-state index in [-0.39, 0.29) is 0 Å². The first-order valence-corrected chi connectivity index (χ1v) is 9.17. The molecule has 0 amide bonds. The monoisotopic (exact) mass is 319 g/mol. The smallest absolute Gasteiger partial charge is 0.0630 e. The van der Waals surface area contributed by atoms with Gasteiger partial charge >= 0.3 is 0 Å². The van der Waals surface area contributed by atoms with Crippen LogP contribution >= 0.6 is 0 Å². The van der Waals surface area contributed by atoms with E-state index in [0.717, 1.165) is 16.8 Å². The molecule has 0 N–H and O–H groups in total. The van der Waals surface area contributed by atoms with Gasteiger partial charge in [0.25, 0.3) is 0 Å². The van der Waals surface area contributed by atoms with Gasteiger partial charge in [-0.1, -0.05) is 88.1 Å². The fraction of sp³-hybridized carbons (Fsp3) is 0.348. The zero-order valence-electron chi connectivity index (χ0n) is 14.9. The van der Waals surface area contributed by atoms with Gasteiger partial charge in [0.2, 0.25) is 0 Å². The highest BCUT2D eigenvalue weighted by molar-refractivity contribution is 5.82. The Labute approximate surface area is 147 Å². The van der Waals surface area contributed by atoms with Crippen molar-refractivity contribution >= 4 is 18.0 Å². The molecular weight excluding hydrogens is 290 g/mol. The second-order valence-electron chi connectivity index (χ2n) is 6.31. The Kier molecular flexibility index (Phi) is 8.03. The van der Waals surface area contributed by atoms with Gasteiger partial charge in [0.15, 0.2) is 0 Å². The predicted molar refractivity (Wildman–Crippen MR) is 107 cm³/mol. The summed E-state index contributed by atoms with van der Waals surface area (Å²) in [4.78, 5) is 4.55. The largest absolute Gasteiger partial charge is 0.256 e. The maximum absolute atomic E-state index is 4.55. The van der Waals surface area contributed by atoms with E-state index in [1.807, 2.05) is 12.3 Å². The highest BCUT2D eigenvalue weighted by Crippen LogP contribution is 2.16. The van der Waals surface area contributed by atoms with Gasteiger partial charge in [-0.05, 0) is 41.7 Å². The highest BCUT2D eigenvalue weighted by atomic mass is 14.7. The number of benzene rings is 2. The van der Waals surface area contributed by atoms with Crippen LogP contribution in [-0.2, 0) is 6.42 Å². The second kappa shape index (κ2) is 10.6. The lowest BCUT2D eigenvalue weighted by Gasteiger charge is -2.03. The molecule has 0 atom stereocenters. The lowest BCUT2D eigenvalue weighted by Crippen LogP contribution is -1.86. The third-order valence-electron chi connectivity index (χ3n) is 4.29. The average molecular weight is 319 g/mol. The maximum atomic E-state index is 4.55. The summed E-state index contributed by atoms with van der Waals surface area (Å²) >= 11 is 0. The van der Waals surface area contributed by atoms with Crippen molar-refractivity contribution in [1.29, 1.82) is 0 Å². The van der Waals surface area contributed by atoms with Crippen LogP contribution in [0.1, 0.15) is 62.1 Å². The Balaban J connectivity index is 1.78. The van der Waals surface area contributed by atoms with Crippen LogP contribution in [0.15, 0.2) is 60.1 Å². The molecule has 0 saturated heterocycles. The third-order valence-corrected chi connectivity index (χ3v) is 4.29. The van der Waals surface area contributed by atoms with E-state index < -0.39 is 0 Å². The van der Waals surface area contributed by atoms with Crippen LogP contribution in [0.3, 0.4) is 0 Å². The molecule has 0 aliphatic rings. The molecule has 0 heterocycles. The third kappa shape index (κ3) is 6.54. The maximum Gasteiger partial charge on any atom is 0.0630 e. The van der Waals surface area contributed by atoms with Crippen LogP contribution in [0.2, 0.25) is 0 Å². The first-order chi connectivity index (χ1) is 11.8. The molecule has 0 radical (unpaired) electrons. The Morgan fingerprint density at radius 2 is 1.42 bits per heavy atom.